The van der Waals surface area contributed by atoms with Crippen LogP contribution in [0.4, 0.5) is 5.95 Å². The zero-order valence-corrected chi connectivity index (χ0v) is 18.0. The normalized spacial score (nSPS) is 14.9. The van der Waals surface area contributed by atoms with Gasteiger partial charge in [0.2, 0.25) is 5.95 Å². The Morgan fingerprint density at radius 2 is 2.13 bits per heavy atom. The fraction of sp³-hybridized carbons (Fsp3) is 0.304. The summed E-state index contributed by atoms with van der Waals surface area (Å²) < 4.78 is 6.92. The van der Waals surface area contributed by atoms with Crippen LogP contribution in [0.25, 0.3) is 22.5 Å². The van der Waals surface area contributed by atoms with Gasteiger partial charge < -0.3 is 15.4 Å². The highest BCUT2D eigenvalue weighted by Gasteiger charge is 2.30. The van der Waals surface area contributed by atoms with E-state index < -0.39 is 0 Å². The van der Waals surface area contributed by atoms with Gasteiger partial charge in [0.05, 0.1) is 23.7 Å². The largest absolute Gasteiger partial charge is 0.388 e. The molecule has 4 rings (SSSR count). The molecule has 0 aliphatic heterocycles. The van der Waals surface area contributed by atoms with Gasteiger partial charge in [0.25, 0.3) is 0 Å². The van der Waals surface area contributed by atoms with Crippen molar-refractivity contribution in [1.29, 1.82) is 5.41 Å². The van der Waals surface area contributed by atoms with Gasteiger partial charge in [0.15, 0.2) is 0 Å². The van der Waals surface area contributed by atoms with Crippen LogP contribution in [0.15, 0.2) is 48.8 Å². The second-order valence-corrected chi connectivity index (χ2v) is 7.58. The van der Waals surface area contributed by atoms with Gasteiger partial charge in [-0.05, 0) is 18.4 Å². The summed E-state index contributed by atoms with van der Waals surface area (Å²) >= 11 is 0. The number of nitrogens with one attached hydrogen (secondary N) is 3. The van der Waals surface area contributed by atoms with Gasteiger partial charge in [-0.3, -0.25) is 10.1 Å². The predicted octanol–water partition coefficient (Wildman–Crippen LogP) is 3.34. The van der Waals surface area contributed by atoms with Gasteiger partial charge in [0.1, 0.15) is 5.84 Å². The fourth-order valence-electron chi connectivity index (χ4n) is 3.86. The van der Waals surface area contributed by atoms with Crippen LogP contribution < -0.4 is 10.6 Å². The maximum Gasteiger partial charge on any atom is 0.228 e. The molecule has 0 fully saturated rings. The fourth-order valence-corrected chi connectivity index (χ4v) is 3.86. The molecule has 1 aliphatic rings. The van der Waals surface area contributed by atoms with Gasteiger partial charge >= 0.3 is 0 Å². The van der Waals surface area contributed by atoms with Crippen molar-refractivity contribution in [2.24, 2.45) is 7.05 Å². The van der Waals surface area contributed by atoms with E-state index in [4.69, 9.17) is 20.2 Å². The quantitative estimate of drug-likeness (QED) is 0.310. The number of aryl methyl sites for hydroxylation is 1. The number of fused-ring (bicyclic) bond motifs is 3. The average Bonchev–Trinajstić information content (AvgIpc) is 3.10. The Kier molecular flexibility index (Phi) is 6.08. The first-order valence-corrected chi connectivity index (χ1v) is 10.3. The molecule has 0 saturated carbocycles. The van der Waals surface area contributed by atoms with E-state index in [1.165, 1.54) is 0 Å². The molecule has 0 spiro atoms. The molecule has 31 heavy (non-hydrogen) atoms. The summed E-state index contributed by atoms with van der Waals surface area (Å²) in [6.45, 7) is 3.46. The van der Waals surface area contributed by atoms with Crippen LogP contribution in [0.5, 0.6) is 0 Å². The summed E-state index contributed by atoms with van der Waals surface area (Å²) in [6.07, 6.45) is 6.06. The van der Waals surface area contributed by atoms with Crippen molar-refractivity contribution in [3.05, 3.63) is 60.1 Å². The molecule has 1 atom stereocenters. The minimum atomic E-state index is 0.198. The van der Waals surface area contributed by atoms with E-state index in [0.717, 1.165) is 40.2 Å². The zero-order chi connectivity index (χ0) is 21.8. The van der Waals surface area contributed by atoms with Crippen LogP contribution in [-0.4, -0.2) is 45.8 Å². The predicted molar refractivity (Wildman–Crippen MR) is 122 cm³/mol. The number of amidine groups is 1. The summed E-state index contributed by atoms with van der Waals surface area (Å²) in [5.74, 6) is 0.871. The van der Waals surface area contributed by atoms with Crippen LogP contribution in [0, 0.1) is 5.41 Å². The number of benzene rings is 1. The highest BCUT2D eigenvalue weighted by molar-refractivity contribution is 6.00. The molecule has 0 unspecified atom stereocenters. The number of hydrogen-bond acceptors (Lipinski definition) is 6. The number of hydrogen-bond donors (Lipinski definition) is 3. The number of methoxy groups -OCH3 is 1. The third-order valence-corrected chi connectivity index (χ3v) is 5.32. The summed E-state index contributed by atoms with van der Waals surface area (Å²) in [6, 6.07) is 10.2. The Bertz CT molecular complexity index is 1100. The lowest BCUT2D eigenvalue weighted by molar-refractivity contribution is 0.203. The van der Waals surface area contributed by atoms with Gasteiger partial charge in [-0.25, -0.2) is 9.97 Å². The molecule has 2 aromatic heterocycles. The molecule has 160 valence electrons. The first-order valence-electron chi connectivity index (χ1n) is 10.3. The molecular weight excluding hydrogens is 390 g/mol. The highest BCUT2D eigenvalue weighted by atomic mass is 16.5. The van der Waals surface area contributed by atoms with E-state index in [-0.39, 0.29) is 11.8 Å². The van der Waals surface area contributed by atoms with Gasteiger partial charge in [-0.15, -0.1) is 0 Å². The average molecular weight is 418 g/mol. The molecule has 1 aromatic carbocycles. The minimum absolute atomic E-state index is 0.198. The number of anilines is 1. The van der Waals surface area contributed by atoms with Crippen LogP contribution in [0.3, 0.4) is 0 Å². The zero-order valence-electron chi connectivity index (χ0n) is 18.0. The number of ether oxygens (including phenoxy) is 1. The Morgan fingerprint density at radius 1 is 1.32 bits per heavy atom. The van der Waals surface area contributed by atoms with Crippen molar-refractivity contribution < 1.29 is 4.74 Å². The lowest BCUT2D eigenvalue weighted by atomic mass is 9.85. The monoisotopic (exact) mass is 417 g/mol. The number of nitrogens with zero attached hydrogens (tertiary/aromatic N) is 4. The van der Waals surface area contributed by atoms with Crippen LogP contribution >= 0.6 is 0 Å². The molecule has 2 heterocycles. The molecule has 0 amide bonds. The van der Waals surface area contributed by atoms with E-state index in [2.05, 4.69) is 34.7 Å². The molecule has 1 aliphatic carbocycles. The van der Waals surface area contributed by atoms with E-state index in [1.807, 2.05) is 36.1 Å². The topological polar surface area (TPSA) is 101 Å². The molecule has 3 N–H and O–H groups in total. The molecule has 0 bridgehead atoms. The number of aromatic nitrogens is 4. The second kappa shape index (κ2) is 9.09. The van der Waals surface area contributed by atoms with E-state index >= 15 is 0 Å². The molecule has 0 saturated heterocycles. The third-order valence-electron chi connectivity index (χ3n) is 5.32. The van der Waals surface area contributed by atoms with Crippen molar-refractivity contribution in [2.45, 2.75) is 19.3 Å². The second-order valence-electron chi connectivity index (χ2n) is 7.58. The van der Waals surface area contributed by atoms with Crippen molar-refractivity contribution >= 4 is 11.8 Å². The maximum absolute atomic E-state index is 8.15. The van der Waals surface area contributed by atoms with Crippen LogP contribution in [0.2, 0.25) is 0 Å². The summed E-state index contributed by atoms with van der Waals surface area (Å²) in [5, 5.41) is 19.0. The number of rotatable bonds is 7. The Morgan fingerprint density at radius 3 is 2.90 bits per heavy atom. The first-order chi connectivity index (χ1) is 15.1. The van der Waals surface area contributed by atoms with E-state index in [1.54, 1.807) is 19.4 Å². The molecule has 0 radical (unpaired) electrons. The van der Waals surface area contributed by atoms with E-state index in [9.17, 15) is 0 Å². The molecule has 3 aromatic rings. The third kappa shape index (κ3) is 4.34. The Balaban J connectivity index is 1.65. The summed E-state index contributed by atoms with van der Waals surface area (Å²) in [4.78, 5) is 9.27. The Labute approximate surface area is 181 Å². The molecule has 8 heteroatoms. The van der Waals surface area contributed by atoms with Crippen LogP contribution in [-0.2, 0) is 18.2 Å². The SMILES string of the molecule is COCCN/C=C\C(=N)Nc1ncc2c(n1)-c1c(nn(C)c1-c1ccccc1)C[C@H]2C. The van der Waals surface area contributed by atoms with Crippen molar-refractivity contribution in [3.63, 3.8) is 0 Å². The lowest BCUT2D eigenvalue weighted by Gasteiger charge is -2.22. The van der Waals surface area contributed by atoms with Crippen molar-refractivity contribution in [2.75, 3.05) is 25.6 Å². The molecule has 8 nitrogen and oxygen atoms in total. The highest BCUT2D eigenvalue weighted by Crippen LogP contribution is 2.43. The van der Waals surface area contributed by atoms with Gasteiger partial charge in [-0.2, -0.15) is 5.10 Å². The van der Waals surface area contributed by atoms with E-state index in [0.29, 0.717) is 19.1 Å². The van der Waals surface area contributed by atoms with Crippen molar-refractivity contribution in [1.82, 2.24) is 25.1 Å². The smallest absolute Gasteiger partial charge is 0.228 e. The molecular formula is C23H27N7O. The summed E-state index contributed by atoms with van der Waals surface area (Å²) in [7, 11) is 3.63. The van der Waals surface area contributed by atoms with Gasteiger partial charge in [-0.1, -0.05) is 37.3 Å². The minimum Gasteiger partial charge on any atom is -0.388 e. The summed E-state index contributed by atoms with van der Waals surface area (Å²) in [5.41, 5.74) is 6.23. The standard InChI is InChI=1S/C23H27N7O/c1-15-13-18-20(22(30(2)29-18)16-7-5-4-6-8-16)21-17(15)14-26-23(28-21)27-19(24)9-10-25-11-12-31-3/h4-10,14-15,25H,11-13H2,1-3H3,(H2,24,26,27,28)/b10-9-/t15-/m1/s1. The van der Waals surface area contributed by atoms with Gasteiger partial charge in [0, 0.05) is 49.8 Å². The Hall–Kier alpha value is -3.52. The van der Waals surface area contributed by atoms with Crippen molar-refractivity contribution in [3.8, 4) is 22.5 Å². The first kappa shape index (κ1) is 20.7. The maximum atomic E-state index is 8.15. The van der Waals surface area contributed by atoms with Crippen LogP contribution in [0.1, 0.15) is 24.1 Å². The lowest BCUT2D eigenvalue weighted by Crippen LogP contribution is -2.16.